The first-order chi connectivity index (χ1) is 10.3. The maximum absolute atomic E-state index is 11.7. The summed E-state index contributed by atoms with van der Waals surface area (Å²) in [7, 11) is 0. The van der Waals surface area contributed by atoms with E-state index in [0.717, 1.165) is 0 Å². The van der Waals surface area contributed by atoms with Crippen molar-refractivity contribution in [3.63, 3.8) is 0 Å². The molecule has 0 aliphatic carbocycles. The molecule has 0 radical (unpaired) electrons. The van der Waals surface area contributed by atoms with E-state index in [9.17, 15) is 9.59 Å². The highest BCUT2D eigenvalue weighted by atomic mass is 16.2. The third kappa shape index (κ3) is 5.85. The maximum Gasteiger partial charge on any atom is 0.293 e. The second kappa shape index (κ2) is 8.54. The van der Waals surface area contributed by atoms with Gasteiger partial charge in [0.1, 0.15) is 6.04 Å². The lowest BCUT2D eigenvalue weighted by Crippen LogP contribution is -2.88. The lowest BCUT2D eigenvalue weighted by atomic mass is 9.93. The average Bonchev–Trinajstić information content (AvgIpc) is 2.45. The van der Waals surface area contributed by atoms with Crippen LogP contribution in [0.2, 0.25) is 0 Å². The average molecular weight is 306 g/mol. The first-order valence-corrected chi connectivity index (χ1v) is 7.79. The van der Waals surface area contributed by atoms with Gasteiger partial charge in [-0.15, -0.1) is 0 Å². The van der Waals surface area contributed by atoms with Gasteiger partial charge in [0.2, 0.25) is 5.91 Å². The van der Waals surface area contributed by atoms with Gasteiger partial charge in [-0.1, -0.05) is 52.0 Å². The molecule has 0 spiro atoms. The van der Waals surface area contributed by atoms with Crippen LogP contribution in [0.25, 0.3) is 0 Å². The molecule has 1 rings (SSSR count). The second-order valence-corrected chi connectivity index (χ2v) is 6.26. The van der Waals surface area contributed by atoms with Gasteiger partial charge >= 0.3 is 0 Å². The molecule has 5 heteroatoms. The fraction of sp³-hybridized carbons (Fsp3) is 0.529. The van der Waals surface area contributed by atoms with Crippen molar-refractivity contribution in [3.05, 3.63) is 35.4 Å². The number of quaternary nitrogens is 1. The molecular weight excluding hydrogens is 278 g/mol. The molecule has 0 aliphatic heterocycles. The van der Waals surface area contributed by atoms with Crippen molar-refractivity contribution in [2.75, 3.05) is 6.54 Å². The van der Waals surface area contributed by atoms with Crippen molar-refractivity contribution >= 4 is 11.8 Å². The van der Waals surface area contributed by atoms with E-state index in [1.54, 1.807) is 0 Å². The van der Waals surface area contributed by atoms with Crippen molar-refractivity contribution in [2.24, 2.45) is 5.92 Å². The van der Waals surface area contributed by atoms with Gasteiger partial charge in [0.25, 0.3) is 5.91 Å². The minimum absolute atomic E-state index is 0.209. The molecule has 1 aromatic carbocycles. The highest BCUT2D eigenvalue weighted by Crippen LogP contribution is 2.21. The number of amides is 2. The molecule has 4 N–H and O–H groups in total. The van der Waals surface area contributed by atoms with Crippen LogP contribution in [-0.2, 0) is 9.59 Å². The molecule has 1 atom stereocenters. The van der Waals surface area contributed by atoms with Crippen LogP contribution in [0.5, 0.6) is 0 Å². The Morgan fingerprint density at radius 2 is 1.55 bits per heavy atom. The third-order valence-corrected chi connectivity index (χ3v) is 3.64. The Morgan fingerprint density at radius 3 is 2.00 bits per heavy atom. The normalized spacial score (nSPS) is 12.3. The number of benzene rings is 1. The Bertz CT molecular complexity index is 495. The molecule has 22 heavy (non-hydrogen) atoms. The summed E-state index contributed by atoms with van der Waals surface area (Å²) in [6.45, 7) is 10.3. The summed E-state index contributed by atoms with van der Waals surface area (Å²) in [5.74, 6) is 0.426. The molecule has 0 aromatic heterocycles. The quantitative estimate of drug-likeness (QED) is 0.692. The van der Waals surface area contributed by atoms with E-state index in [2.05, 4.69) is 62.8 Å². The second-order valence-electron chi connectivity index (χ2n) is 6.26. The fourth-order valence-corrected chi connectivity index (χ4v) is 2.34. The van der Waals surface area contributed by atoms with Crippen LogP contribution in [0.1, 0.15) is 57.7 Å². The zero-order valence-electron chi connectivity index (χ0n) is 14.1. The smallest absolute Gasteiger partial charge is 0.293 e. The van der Waals surface area contributed by atoms with E-state index in [1.807, 2.05) is 5.32 Å². The molecule has 0 saturated heterocycles. The van der Waals surface area contributed by atoms with Crippen LogP contribution in [0.4, 0.5) is 0 Å². The Morgan fingerprint density at radius 1 is 1.00 bits per heavy atom. The van der Waals surface area contributed by atoms with Crippen LogP contribution in [-0.4, -0.2) is 18.4 Å². The van der Waals surface area contributed by atoms with Crippen molar-refractivity contribution in [2.45, 2.75) is 46.6 Å². The minimum atomic E-state index is -0.280. The number of carbonyl (C=O) groups is 2. The van der Waals surface area contributed by atoms with Gasteiger partial charge in [0, 0.05) is 18.4 Å². The van der Waals surface area contributed by atoms with Crippen LogP contribution in [0.15, 0.2) is 24.3 Å². The zero-order chi connectivity index (χ0) is 16.7. The summed E-state index contributed by atoms with van der Waals surface area (Å²) in [5, 5.41) is 2.01. The van der Waals surface area contributed by atoms with Gasteiger partial charge in [0.05, 0.1) is 0 Å². The van der Waals surface area contributed by atoms with Crippen molar-refractivity contribution in [1.29, 1.82) is 0 Å². The van der Waals surface area contributed by atoms with E-state index < -0.39 is 0 Å². The topological polar surface area (TPSA) is 74.8 Å². The molecule has 0 heterocycles. The molecule has 0 aliphatic rings. The molecule has 0 saturated carbocycles. The third-order valence-electron chi connectivity index (χ3n) is 3.64. The molecule has 0 fully saturated rings. The highest BCUT2D eigenvalue weighted by molar-refractivity contribution is 5.81. The van der Waals surface area contributed by atoms with Gasteiger partial charge in [-0.3, -0.25) is 20.4 Å². The van der Waals surface area contributed by atoms with E-state index in [0.29, 0.717) is 11.8 Å². The van der Waals surface area contributed by atoms with Crippen molar-refractivity contribution < 1.29 is 14.9 Å². The predicted molar refractivity (Wildman–Crippen MR) is 86.9 cm³/mol. The Kier molecular flexibility index (Phi) is 7.05. The van der Waals surface area contributed by atoms with Gasteiger partial charge in [-0.2, -0.15) is 0 Å². The number of nitrogens with one attached hydrogen (secondary N) is 2. The lowest BCUT2D eigenvalue weighted by molar-refractivity contribution is -0.692. The van der Waals surface area contributed by atoms with Crippen molar-refractivity contribution in [3.8, 4) is 0 Å². The minimum Gasteiger partial charge on any atom is -0.332 e. The molecule has 5 nitrogen and oxygen atoms in total. The zero-order valence-corrected chi connectivity index (χ0v) is 14.1. The SMILES string of the molecule is CC(=O)NNC(=O)C[NH2+][C@H](c1ccc(C(C)C)cc1)C(C)C. The van der Waals surface area contributed by atoms with E-state index >= 15 is 0 Å². The van der Waals surface area contributed by atoms with Gasteiger partial charge in [-0.05, 0) is 11.5 Å². The maximum atomic E-state index is 11.7. The Balaban J connectivity index is 2.65. The summed E-state index contributed by atoms with van der Waals surface area (Å²) in [4.78, 5) is 22.5. The monoisotopic (exact) mass is 306 g/mol. The largest absolute Gasteiger partial charge is 0.332 e. The van der Waals surface area contributed by atoms with Gasteiger partial charge in [0.15, 0.2) is 6.54 Å². The molecular formula is C17H28N3O2+. The lowest BCUT2D eigenvalue weighted by Gasteiger charge is -2.20. The predicted octanol–water partition coefficient (Wildman–Crippen LogP) is 1.24. The first kappa shape index (κ1) is 18.2. The Hall–Kier alpha value is -1.88. The van der Waals surface area contributed by atoms with E-state index in [-0.39, 0.29) is 24.4 Å². The number of hydrogen-bond acceptors (Lipinski definition) is 2. The summed E-state index contributed by atoms with van der Waals surface area (Å²) >= 11 is 0. The van der Waals surface area contributed by atoms with E-state index in [1.165, 1.54) is 18.1 Å². The highest BCUT2D eigenvalue weighted by Gasteiger charge is 2.20. The number of carbonyl (C=O) groups excluding carboxylic acids is 2. The molecule has 0 bridgehead atoms. The van der Waals surface area contributed by atoms with Crippen LogP contribution >= 0.6 is 0 Å². The fourth-order valence-electron chi connectivity index (χ4n) is 2.34. The van der Waals surface area contributed by atoms with E-state index in [4.69, 9.17) is 0 Å². The summed E-state index contributed by atoms with van der Waals surface area (Å²) in [6.07, 6.45) is 0. The van der Waals surface area contributed by atoms with Gasteiger partial charge < -0.3 is 5.32 Å². The Labute approximate surface area is 132 Å². The molecule has 122 valence electrons. The van der Waals surface area contributed by atoms with Crippen LogP contribution in [0, 0.1) is 5.92 Å². The molecule has 2 amide bonds. The van der Waals surface area contributed by atoms with Crippen molar-refractivity contribution in [1.82, 2.24) is 10.9 Å². The first-order valence-electron chi connectivity index (χ1n) is 7.79. The molecule has 1 aromatic rings. The standard InChI is InChI=1S/C17H27N3O2/c1-11(2)14-6-8-15(9-7-14)17(12(3)4)18-10-16(22)20-19-13(5)21/h6-9,11-12,17-18H,10H2,1-5H3,(H,19,21)(H,20,22)/p+1/t17-/m0/s1. The number of hydrogen-bond donors (Lipinski definition) is 3. The summed E-state index contributed by atoms with van der Waals surface area (Å²) in [6, 6.07) is 8.80. The summed E-state index contributed by atoms with van der Waals surface area (Å²) < 4.78 is 0. The molecule has 0 unspecified atom stereocenters. The number of rotatable bonds is 6. The number of hydrazine groups is 1. The van der Waals surface area contributed by atoms with Gasteiger partial charge in [-0.25, -0.2) is 0 Å². The van der Waals surface area contributed by atoms with Crippen LogP contribution < -0.4 is 16.2 Å². The summed E-state index contributed by atoms with van der Waals surface area (Å²) in [5.41, 5.74) is 7.21. The number of nitrogens with two attached hydrogens (primary N) is 1. The van der Waals surface area contributed by atoms with Crippen LogP contribution in [0.3, 0.4) is 0 Å².